The molecule has 1 aliphatic rings. The number of carboxylic acids is 1. The highest BCUT2D eigenvalue weighted by molar-refractivity contribution is 6.56. The lowest BCUT2D eigenvalue weighted by Crippen LogP contribution is -2.41. The van der Waals surface area contributed by atoms with E-state index in [0.29, 0.717) is 17.1 Å². The third kappa shape index (κ3) is 3.83. The molecule has 0 aliphatic carbocycles. The van der Waals surface area contributed by atoms with E-state index in [1.807, 2.05) is 34.7 Å². The largest absolute Gasteiger partial charge is 0.491 e. The first-order chi connectivity index (χ1) is 11.1. The zero-order chi connectivity index (χ0) is 18.1. The Morgan fingerprint density at radius 3 is 2.38 bits per heavy atom. The highest BCUT2D eigenvalue weighted by atomic mass is 35.5. The Balaban J connectivity index is 2.44. The van der Waals surface area contributed by atoms with Gasteiger partial charge in [-0.25, -0.2) is 4.79 Å². The summed E-state index contributed by atoms with van der Waals surface area (Å²) in [5.41, 5.74) is 0.587. The van der Waals surface area contributed by atoms with Crippen LogP contribution in [0.15, 0.2) is 23.7 Å². The van der Waals surface area contributed by atoms with E-state index in [1.54, 1.807) is 18.2 Å². The average Bonchev–Trinajstić information content (AvgIpc) is 2.66. The Bertz CT molecular complexity index is 657. The first-order valence-corrected chi connectivity index (χ1v) is 8.19. The van der Waals surface area contributed by atoms with Crippen molar-refractivity contribution in [3.05, 3.63) is 39.8 Å². The Labute approximate surface area is 148 Å². The van der Waals surface area contributed by atoms with Crippen molar-refractivity contribution >= 4 is 30.8 Å². The molecule has 130 valence electrons. The van der Waals surface area contributed by atoms with Crippen LogP contribution in [-0.4, -0.2) is 43.0 Å². The third-order valence-corrected chi connectivity index (χ3v) is 4.76. The number of nitrogens with one attached hydrogen (secondary N) is 1. The Morgan fingerprint density at radius 2 is 1.88 bits per heavy atom. The molecule has 1 aromatic rings. The van der Waals surface area contributed by atoms with E-state index in [9.17, 15) is 9.90 Å². The predicted octanol–water partition coefficient (Wildman–Crippen LogP) is 3.27. The van der Waals surface area contributed by atoms with Crippen molar-refractivity contribution in [3.8, 4) is 0 Å². The molecule has 1 saturated heterocycles. The van der Waals surface area contributed by atoms with Crippen LogP contribution in [0, 0.1) is 0 Å². The van der Waals surface area contributed by atoms with Crippen molar-refractivity contribution < 1.29 is 19.2 Å². The second-order valence-electron chi connectivity index (χ2n) is 6.87. The normalized spacial score (nSPS) is 19.6. The van der Waals surface area contributed by atoms with Gasteiger partial charge in [0.05, 0.1) is 16.8 Å². The van der Waals surface area contributed by atoms with Gasteiger partial charge in [-0.2, -0.15) is 0 Å². The van der Waals surface area contributed by atoms with Gasteiger partial charge in [0.2, 0.25) is 0 Å². The predicted molar refractivity (Wildman–Crippen MR) is 96.4 cm³/mol. The number of aromatic carboxylic acids is 1. The number of halogens is 1. The quantitative estimate of drug-likeness (QED) is 0.797. The minimum absolute atomic E-state index is 0.185. The molecule has 0 atom stereocenters. The summed E-state index contributed by atoms with van der Waals surface area (Å²) in [5.74, 6) is -1.00. The lowest BCUT2D eigenvalue weighted by Gasteiger charge is -2.32. The summed E-state index contributed by atoms with van der Waals surface area (Å²) in [7, 11) is 1.26. The van der Waals surface area contributed by atoms with Crippen LogP contribution in [0.4, 0.5) is 0 Å². The maximum absolute atomic E-state index is 11.4. The third-order valence-electron chi connectivity index (χ3n) is 4.52. The molecule has 2 N–H and O–H groups in total. The summed E-state index contributed by atoms with van der Waals surface area (Å²) in [5, 5.41) is 12.9. The van der Waals surface area contributed by atoms with Crippen molar-refractivity contribution in [2.24, 2.45) is 0 Å². The number of carbonyl (C=O) groups is 1. The molecule has 1 aromatic carbocycles. The molecule has 1 fully saturated rings. The van der Waals surface area contributed by atoms with Crippen LogP contribution in [0.5, 0.6) is 0 Å². The molecule has 2 rings (SSSR count). The molecule has 0 unspecified atom stereocenters. The first kappa shape index (κ1) is 19.0. The molecule has 0 saturated carbocycles. The van der Waals surface area contributed by atoms with Crippen molar-refractivity contribution in [2.75, 3.05) is 13.6 Å². The van der Waals surface area contributed by atoms with Gasteiger partial charge in [-0.3, -0.25) is 0 Å². The minimum atomic E-state index is -1.00. The zero-order valence-electron chi connectivity index (χ0n) is 14.6. The van der Waals surface area contributed by atoms with Crippen LogP contribution in [0.1, 0.15) is 43.6 Å². The first-order valence-electron chi connectivity index (χ1n) is 7.81. The van der Waals surface area contributed by atoms with E-state index < -0.39 is 24.3 Å². The number of rotatable bonds is 5. The molecule has 0 spiro atoms. The van der Waals surface area contributed by atoms with Crippen LogP contribution >= 0.6 is 11.6 Å². The van der Waals surface area contributed by atoms with Gasteiger partial charge in [0, 0.05) is 11.6 Å². The van der Waals surface area contributed by atoms with E-state index >= 15 is 0 Å². The fourth-order valence-corrected chi connectivity index (χ4v) is 2.63. The molecule has 0 radical (unpaired) electrons. The second kappa shape index (κ2) is 6.88. The van der Waals surface area contributed by atoms with Gasteiger partial charge in [0.25, 0.3) is 0 Å². The van der Waals surface area contributed by atoms with Gasteiger partial charge in [-0.15, -0.1) is 0 Å². The number of hydrogen-bond acceptors (Lipinski definition) is 4. The van der Waals surface area contributed by atoms with Crippen LogP contribution in [0.3, 0.4) is 0 Å². The van der Waals surface area contributed by atoms with Crippen LogP contribution in [-0.2, 0) is 9.31 Å². The summed E-state index contributed by atoms with van der Waals surface area (Å²) < 4.78 is 12.1. The van der Waals surface area contributed by atoms with Gasteiger partial charge in [0.1, 0.15) is 0 Å². The smallest absolute Gasteiger partial charge is 0.478 e. The fraction of sp³-hybridized carbons (Fsp3) is 0.471. The summed E-state index contributed by atoms with van der Waals surface area (Å²) >= 11 is 6.03. The Hall–Kier alpha value is -1.34. The molecule has 7 heteroatoms. The molecule has 0 aromatic heterocycles. The lowest BCUT2D eigenvalue weighted by atomic mass is 9.76. The van der Waals surface area contributed by atoms with Crippen LogP contribution in [0.2, 0.25) is 5.02 Å². The van der Waals surface area contributed by atoms with Gasteiger partial charge < -0.3 is 19.7 Å². The summed E-state index contributed by atoms with van der Waals surface area (Å²) in [6.07, 6.45) is 1.77. The van der Waals surface area contributed by atoms with E-state index in [2.05, 4.69) is 5.32 Å². The molecule has 1 aliphatic heterocycles. The van der Waals surface area contributed by atoms with E-state index in [1.165, 1.54) is 6.07 Å². The monoisotopic (exact) mass is 351 g/mol. The summed E-state index contributed by atoms with van der Waals surface area (Å²) in [4.78, 5) is 11.4. The van der Waals surface area contributed by atoms with Gasteiger partial charge in [-0.1, -0.05) is 17.7 Å². The van der Waals surface area contributed by atoms with Crippen molar-refractivity contribution in [1.82, 2.24) is 5.32 Å². The molecule has 0 amide bonds. The number of benzene rings is 1. The SMILES string of the molecule is CNCC(=Cc1cc(Cl)ccc1C(=O)O)B1OC(C)(C)C(C)(C)O1. The minimum Gasteiger partial charge on any atom is -0.478 e. The fourth-order valence-electron chi connectivity index (χ4n) is 2.45. The van der Waals surface area contributed by atoms with Gasteiger partial charge in [-0.05, 0) is 64.0 Å². The second-order valence-corrected chi connectivity index (χ2v) is 7.31. The maximum atomic E-state index is 11.4. The van der Waals surface area contributed by atoms with Crippen molar-refractivity contribution in [3.63, 3.8) is 0 Å². The van der Waals surface area contributed by atoms with Crippen molar-refractivity contribution in [1.29, 1.82) is 0 Å². The Morgan fingerprint density at radius 1 is 1.29 bits per heavy atom. The number of carboxylic acid groups (broad SMARTS) is 1. The van der Waals surface area contributed by atoms with Crippen LogP contribution < -0.4 is 5.32 Å². The van der Waals surface area contributed by atoms with Crippen LogP contribution in [0.25, 0.3) is 6.08 Å². The van der Waals surface area contributed by atoms with E-state index in [0.717, 1.165) is 5.47 Å². The van der Waals surface area contributed by atoms with Gasteiger partial charge in [0.15, 0.2) is 0 Å². The number of hydrogen-bond donors (Lipinski definition) is 2. The molecule has 5 nitrogen and oxygen atoms in total. The van der Waals surface area contributed by atoms with Crippen molar-refractivity contribution in [2.45, 2.75) is 38.9 Å². The summed E-state index contributed by atoms with van der Waals surface area (Å²) in [6.45, 7) is 8.42. The molecule has 1 heterocycles. The maximum Gasteiger partial charge on any atom is 0.491 e. The molecule has 0 bridgehead atoms. The van der Waals surface area contributed by atoms with Gasteiger partial charge >= 0.3 is 13.1 Å². The Kier molecular flexibility index (Phi) is 5.45. The highest BCUT2D eigenvalue weighted by Crippen LogP contribution is 2.38. The van der Waals surface area contributed by atoms with E-state index in [4.69, 9.17) is 20.9 Å². The zero-order valence-corrected chi connectivity index (χ0v) is 15.4. The molecular formula is C17H23BClNO4. The van der Waals surface area contributed by atoms with E-state index in [-0.39, 0.29) is 5.56 Å². The summed E-state index contributed by atoms with van der Waals surface area (Å²) in [6, 6.07) is 4.69. The molecular weight excluding hydrogens is 328 g/mol. The lowest BCUT2D eigenvalue weighted by molar-refractivity contribution is 0.00578. The standard InChI is InChI=1S/C17H23BClNO4/c1-16(2)17(3,4)24-18(23-16)12(10-20-5)8-11-9-13(19)6-7-14(11)15(21)22/h6-9,20H,10H2,1-5H3,(H,21,22). The average molecular weight is 352 g/mol. The number of likely N-dealkylation sites (N-methyl/N-ethyl adjacent to an activating group) is 1. The highest BCUT2D eigenvalue weighted by Gasteiger charge is 2.52. The topological polar surface area (TPSA) is 67.8 Å². The molecule has 24 heavy (non-hydrogen) atoms.